The van der Waals surface area contributed by atoms with E-state index < -0.39 is 0 Å². The first-order chi connectivity index (χ1) is 9.60. The van der Waals surface area contributed by atoms with E-state index in [1.807, 2.05) is 31.3 Å². The number of rotatable bonds is 5. The zero-order chi connectivity index (χ0) is 14.5. The molecule has 1 aromatic heterocycles. The molecule has 1 amide bonds. The lowest BCUT2D eigenvalue weighted by atomic mass is 10.1. The highest BCUT2D eigenvalue weighted by atomic mass is 16.1. The van der Waals surface area contributed by atoms with E-state index in [-0.39, 0.29) is 5.91 Å². The molecule has 0 saturated carbocycles. The van der Waals surface area contributed by atoms with Crippen LogP contribution in [0.25, 0.3) is 10.9 Å². The van der Waals surface area contributed by atoms with Crippen LogP contribution in [0.1, 0.15) is 12.0 Å². The number of nitrogen functional groups attached to an aromatic ring is 1. The summed E-state index contributed by atoms with van der Waals surface area (Å²) in [6.07, 6.45) is 0.480. The molecule has 0 aliphatic carbocycles. The van der Waals surface area contributed by atoms with Gasteiger partial charge in [-0.15, -0.1) is 0 Å². The smallest absolute Gasteiger partial charge is 0.221 e. The molecule has 1 aromatic carbocycles. The molecule has 0 fully saturated rings. The van der Waals surface area contributed by atoms with Crippen molar-refractivity contribution in [2.75, 3.05) is 26.4 Å². The van der Waals surface area contributed by atoms with Gasteiger partial charge in [0, 0.05) is 37.5 Å². The van der Waals surface area contributed by atoms with Crippen LogP contribution < -0.4 is 11.1 Å². The van der Waals surface area contributed by atoms with Crippen LogP contribution in [-0.2, 0) is 11.3 Å². The summed E-state index contributed by atoms with van der Waals surface area (Å²) in [7, 11) is 3.62. The van der Waals surface area contributed by atoms with Crippen molar-refractivity contribution in [2.24, 2.45) is 0 Å². The molecule has 3 N–H and O–H groups in total. The number of hydrogen-bond donors (Lipinski definition) is 2. The second-order valence-corrected chi connectivity index (χ2v) is 4.89. The zero-order valence-corrected chi connectivity index (χ0v) is 11.9. The van der Waals surface area contributed by atoms with Crippen molar-refractivity contribution in [3.05, 3.63) is 35.9 Å². The van der Waals surface area contributed by atoms with Crippen LogP contribution in [0, 0.1) is 0 Å². The Morgan fingerprint density at radius 1 is 1.40 bits per heavy atom. The summed E-state index contributed by atoms with van der Waals surface area (Å²) in [5, 5.41) is 3.70. The van der Waals surface area contributed by atoms with Gasteiger partial charge in [0.15, 0.2) is 0 Å². The quantitative estimate of drug-likeness (QED) is 0.862. The Hall–Kier alpha value is -2.14. The average molecular weight is 272 g/mol. The summed E-state index contributed by atoms with van der Waals surface area (Å²) in [6.45, 7) is 1.37. The maximum Gasteiger partial charge on any atom is 0.221 e. The minimum atomic E-state index is 0.0430. The third-order valence-corrected chi connectivity index (χ3v) is 3.28. The van der Waals surface area contributed by atoms with Gasteiger partial charge in [0.1, 0.15) is 5.82 Å². The number of aromatic nitrogens is 1. The number of carbonyl (C=O) groups is 1. The Labute approximate surface area is 118 Å². The Bertz CT molecular complexity index is 612. The molecule has 5 heteroatoms. The summed E-state index contributed by atoms with van der Waals surface area (Å²) in [4.78, 5) is 17.7. The van der Waals surface area contributed by atoms with Crippen LogP contribution >= 0.6 is 0 Å². The van der Waals surface area contributed by atoms with E-state index in [9.17, 15) is 4.79 Å². The molecular weight excluding hydrogens is 252 g/mol. The summed E-state index contributed by atoms with van der Waals surface area (Å²) >= 11 is 0. The van der Waals surface area contributed by atoms with E-state index in [1.54, 1.807) is 7.05 Å². The molecule has 1 heterocycles. The van der Waals surface area contributed by atoms with Crippen molar-refractivity contribution in [3.8, 4) is 0 Å². The number of anilines is 1. The maximum atomic E-state index is 11.2. The van der Waals surface area contributed by atoms with Crippen molar-refractivity contribution in [1.82, 2.24) is 15.2 Å². The Morgan fingerprint density at radius 2 is 2.15 bits per heavy atom. The van der Waals surface area contributed by atoms with Crippen LogP contribution in [0.2, 0.25) is 0 Å². The fraction of sp³-hybridized carbons (Fsp3) is 0.333. The molecule has 2 rings (SSSR count). The number of fused-ring (bicyclic) bond motifs is 1. The summed E-state index contributed by atoms with van der Waals surface area (Å²) < 4.78 is 0. The van der Waals surface area contributed by atoms with Crippen LogP contribution in [0.4, 0.5) is 5.82 Å². The second kappa shape index (κ2) is 6.34. The number of para-hydroxylation sites is 1. The molecule has 0 unspecified atom stereocenters. The molecule has 0 atom stereocenters. The lowest BCUT2D eigenvalue weighted by Gasteiger charge is -2.17. The Balaban J connectivity index is 2.08. The Kier molecular flexibility index (Phi) is 4.53. The molecule has 0 saturated heterocycles. The highest BCUT2D eigenvalue weighted by Gasteiger charge is 2.08. The van der Waals surface area contributed by atoms with Gasteiger partial charge in [0.2, 0.25) is 5.91 Å². The maximum absolute atomic E-state index is 11.2. The second-order valence-electron chi connectivity index (χ2n) is 4.89. The minimum absolute atomic E-state index is 0.0430. The first-order valence-electron chi connectivity index (χ1n) is 6.63. The van der Waals surface area contributed by atoms with Gasteiger partial charge in [0.25, 0.3) is 0 Å². The lowest BCUT2D eigenvalue weighted by molar-refractivity contribution is -0.120. The number of carbonyl (C=O) groups excluding carboxylic acids is 1. The van der Waals surface area contributed by atoms with E-state index in [1.165, 1.54) is 0 Å². The fourth-order valence-electron chi connectivity index (χ4n) is 2.09. The number of nitrogens with two attached hydrogens (primary N) is 1. The van der Waals surface area contributed by atoms with Gasteiger partial charge in [-0.05, 0) is 19.2 Å². The average Bonchev–Trinajstić information content (AvgIpc) is 2.45. The van der Waals surface area contributed by atoms with Crippen molar-refractivity contribution < 1.29 is 4.79 Å². The molecule has 5 nitrogen and oxygen atoms in total. The summed E-state index contributed by atoms with van der Waals surface area (Å²) in [5.74, 6) is 0.594. The third kappa shape index (κ3) is 3.45. The topological polar surface area (TPSA) is 71.2 Å². The normalized spacial score (nSPS) is 10.9. The van der Waals surface area contributed by atoms with Gasteiger partial charge < -0.3 is 16.0 Å². The van der Waals surface area contributed by atoms with Crippen LogP contribution in [-0.4, -0.2) is 36.4 Å². The molecule has 2 aromatic rings. The van der Waals surface area contributed by atoms with E-state index >= 15 is 0 Å². The van der Waals surface area contributed by atoms with Crippen molar-refractivity contribution in [1.29, 1.82) is 0 Å². The highest BCUT2D eigenvalue weighted by molar-refractivity contribution is 5.81. The SMILES string of the molecule is CNC(=O)CCN(C)Cc1cc2ccccc2nc1N. The van der Waals surface area contributed by atoms with Gasteiger partial charge in [0.05, 0.1) is 5.52 Å². The first kappa shape index (κ1) is 14.3. The zero-order valence-electron chi connectivity index (χ0n) is 11.9. The molecule has 0 spiro atoms. The standard InChI is InChI=1S/C15H20N4O/c1-17-14(20)7-8-19(2)10-12-9-11-5-3-4-6-13(11)18-15(12)16/h3-6,9H,7-8,10H2,1-2H3,(H2,16,18)(H,17,20). The van der Waals surface area contributed by atoms with Gasteiger partial charge in [-0.1, -0.05) is 18.2 Å². The van der Waals surface area contributed by atoms with Crippen LogP contribution in [0.15, 0.2) is 30.3 Å². The first-order valence-corrected chi connectivity index (χ1v) is 6.63. The minimum Gasteiger partial charge on any atom is -0.383 e. The molecule has 0 radical (unpaired) electrons. The summed E-state index contributed by atoms with van der Waals surface area (Å²) in [6, 6.07) is 9.97. The highest BCUT2D eigenvalue weighted by Crippen LogP contribution is 2.19. The fourth-order valence-corrected chi connectivity index (χ4v) is 2.09. The van der Waals surface area contributed by atoms with Gasteiger partial charge >= 0.3 is 0 Å². The molecule has 106 valence electrons. The molecule has 0 aliphatic heterocycles. The van der Waals surface area contributed by atoms with Gasteiger partial charge in [-0.2, -0.15) is 0 Å². The number of nitrogens with one attached hydrogen (secondary N) is 1. The molecule has 0 aliphatic rings. The molecular formula is C15H20N4O. The summed E-state index contributed by atoms with van der Waals surface area (Å²) in [5.41, 5.74) is 7.89. The van der Waals surface area contributed by atoms with E-state index in [0.717, 1.165) is 16.5 Å². The number of benzene rings is 1. The number of hydrogen-bond acceptors (Lipinski definition) is 4. The number of pyridine rings is 1. The van der Waals surface area contributed by atoms with Crippen molar-refractivity contribution in [3.63, 3.8) is 0 Å². The van der Waals surface area contributed by atoms with E-state index in [2.05, 4.69) is 21.3 Å². The Morgan fingerprint density at radius 3 is 2.90 bits per heavy atom. The lowest BCUT2D eigenvalue weighted by Crippen LogP contribution is -2.26. The largest absolute Gasteiger partial charge is 0.383 e. The molecule has 0 bridgehead atoms. The van der Waals surface area contributed by atoms with E-state index in [4.69, 9.17) is 5.73 Å². The van der Waals surface area contributed by atoms with Crippen LogP contribution in [0.5, 0.6) is 0 Å². The third-order valence-electron chi connectivity index (χ3n) is 3.28. The van der Waals surface area contributed by atoms with Gasteiger partial charge in [-0.3, -0.25) is 4.79 Å². The van der Waals surface area contributed by atoms with Crippen molar-refractivity contribution >= 4 is 22.6 Å². The monoisotopic (exact) mass is 272 g/mol. The number of amides is 1. The predicted octanol–water partition coefficient (Wildman–Crippen LogP) is 1.38. The van der Waals surface area contributed by atoms with Gasteiger partial charge in [-0.25, -0.2) is 4.98 Å². The number of nitrogens with zero attached hydrogens (tertiary/aromatic N) is 2. The van der Waals surface area contributed by atoms with Crippen molar-refractivity contribution in [2.45, 2.75) is 13.0 Å². The van der Waals surface area contributed by atoms with Crippen LogP contribution in [0.3, 0.4) is 0 Å². The molecule has 20 heavy (non-hydrogen) atoms. The predicted molar refractivity (Wildman–Crippen MR) is 81.2 cm³/mol. The van der Waals surface area contributed by atoms with E-state index in [0.29, 0.717) is 25.3 Å².